The molecule has 2 aliphatic rings. The van der Waals surface area contributed by atoms with Gasteiger partial charge in [0, 0.05) is 13.1 Å². The minimum atomic E-state index is -4.68. The maximum absolute atomic E-state index is 13.9. The second kappa shape index (κ2) is 10.9. The molecule has 38 heavy (non-hydrogen) atoms. The van der Waals surface area contributed by atoms with Crippen LogP contribution in [0.2, 0.25) is 0 Å². The highest BCUT2D eigenvalue weighted by atomic mass is 19.4. The van der Waals surface area contributed by atoms with Gasteiger partial charge in [-0.1, -0.05) is 62.4 Å². The average Bonchev–Trinajstić information content (AvgIpc) is 3.22. The van der Waals surface area contributed by atoms with Crippen molar-refractivity contribution >= 4 is 17.8 Å². The van der Waals surface area contributed by atoms with Crippen molar-refractivity contribution in [3.8, 4) is 0 Å². The molecule has 2 aliphatic heterocycles. The summed E-state index contributed by atoms with van der Waals surface area (Å²) in [6, 6.07) is 11.5. The van der Waals surface area contributed by atoms with E-state index in [2.05, 4.69) is 10.6 Å². The van der Waals surface area contributed by atoms with Crippen molar-refractivity contribution in [3.05, 3.63) is 82.6 Å². The molecule has 4 rings (SSSR count). The molecule has 0 aliphatic carbocycles. The molecule has 2 aromatic carbocycles. The van der Waals surface area contributed by atoms with Crippen LogP contribution in [0.15, 0.2) is 65.9 Å². The molecular weight excluding hydrogens is 497 g/mol. The number of rotatable bonds is 8. The molecule has 0 spiro atoms. The lowest BCUT2D eigenvalue weighted by molar-refractivity contribution is -0.139. The quantitative estimate of drug-likeness (QED) is 0.525. The maximum atomic E-state index is 13.9. The highest BCUT2D eigenvalue weighted by Gasteiger charge is 2.48. The third kappa shape index (κ3) is 5.39. The molecule has 0 saturated heterocycles. The van der Waals surface area contributed by atoms with Crippen molar-refractivity contribution in [2.75, 3.05) is 13.1 Å². The SMILES string of the molecule is CCN1C(=O)NC(c2ccccc2C(F)(F)F)C2=C1CN(C(CC(C)C)C(=O)NCc1ccccc1)C2=O. The van der Waals surface area contributed by atoms with Gasteiger partial charge in [-0.15, -0.1) is 0 Å². The molecule has 2 N–H and O–H groups in total. The van der Waals surface area contributed by atoms with Gasteiger partial charge in [0.1, 0.15) is 6.04 Å². The molecule has 0 aromatic heterocycles. The van der Waals surface area contributed by atoms with E-state index in [1.807, 2.05) is 44.2 Å². The first-order valence-electron chi connectivity index (χ1n) is 12.6. The fourth-order valence-electron chi connectivity index (χ4n) is 5.06. The summed E-state index contributed by atoms with van der Waals surface area (Å²) in [5.41, 5.74) is 0.152. The largest absolute Gasteiger partial charge is 0.416 e. The van der Waals surface area contributed by atoms with Gasteiger partial charge in [-0.25, -0.2) is 4.79 Å². The van der Waals surface area contributed by atoms with Gasteiger partial charge in [-0.2, -0.15) is 13.2 Å². The number of benzene rings is 2. The van der Waals surface area contributed by atoms with E-state index in [9.17, 15) is 27.6 Å². The molecule has 0 bridgehead atoms. The van der Waals surface area contributed by atoms with Crippen LogP contribution < -0.4 is 10.6 Å². The molecule has 4 amide bonds. The summed E-state index contributed by atoms with van der Waals surface area (Å²) in [5.74, 6) is -0.858. The molecule has 10 heteroatoms. The summed E-state index contributed by atoms with van der Waals surface area (Å²) in [5, 5.41) is 5.50. The number of nitrogens with zero attached hydrogens (tertiary/aromatic N) is 2. The number of carbonyl (C=O) groups is 3. The standard InChI is InChI=1S/C28H31F3N4O3/c1-4-34-22-16-35(21(14-17(2)3)25(36)32-15-18-10-6-5-7-11-18)26(37)23(22)24(33-27(34)38)19-12-8-9-13-20(19)28(29,30)31/h5-13,17,21,24H,4,14-16H2,1-3H3,(H,32,36)(H,33,38). The van der Waals surface area contributed by atoms with E-state index in [4.69, 9.17) is 0 Å². The highest BCUT2D eigenvalue weighted by molar-refractivity contribution is 6.03. The third-order valence-corrected chi connectivity index (χ3v) is 6.83. The van der Waals surface area contributed by atoms with Crippen molar-refractivity contribution in [1.29, 1.82) is 0 Å². The first-order chi connectivity index (χ1) is 18.0. The topological polar surface area (TPSA) is 81.8 Å². The van der Waals surface area contributed by atoms with Gasteiger partial charge in [0.25, 0.3) is 5.91 Å². The van der Waals surface area contributed by atoms with E-state index in [1.165, 1.54) is 28.0 Å². The van der Waals surface area contributed by atoms with Crippen LogP contribution in [-0.4, -0.2) is 46.8 Å². The lowest BCUT2D eigenvalue weighted by Crippen LogP contribution is -2.49. The Hall–Kier alpha value is -3.82. The van der Waals surface area contributed by atoms with E-state index in [1.54, 1.807) is 6.92 Å². The fraction of sp³-hybridized carbons (Fsp3) is 0.393. The Kier molecular flexibility index (Phi) is 7.80. The van der Waals surface area contributed by atoms with Crippen LogP contribution in [0.4, 0.5) is 18.0 Å². The lowest BCUT2D eigenvalue weighted by Gasteiger charge is -2.33. The van der Waals surface area contributed by atoms with E-state index >= 15 is 0 Å². The summed E-state index contributed by atoms with van der Waals surface area (Å²) in [4.78, 5) is 43.0. The van der Waals surface area contributed by atoms with Crippen molar-refractivity contribution in [3.63, 3.8) is 0 Å². The van der Waals surface area contributed by atoms with Crippen LogP contribution in [0.1, 0.15) is 49.9 Å². The van der Waals surface area contributed by atoms with Crippen molar-refractivity contribution in [2.45, 2.75) is 52.0 Å². The molecule has 0 saturated carbocycles. The number of urea groups is 1. The number of halogens is 3. The van der Waals surface area contributed by atoms with Gasteiger partial charge in [-0.3, -0.25) is 14.5 Å². The summed E-state index contributed by atoms with van der Waals surface area (Å²) in [6.07, 6.45) is -4.33. The Labute approximate surface area is 219 Å². The zero-order valence-electron chi connectivity index (χ0n) is 21.5. The molecule has 2 unspecified atom stereocenters. The van der Waals surface area contributed by atoms with Crippen LogP contribution >= 0.6 is 0 Å². The third-order valence-electron chi connectivity index (χ3n) is 6.83. The normalized spacial score (nSPS) is 18.6. The van der Waals surface area contributed by atoms with E-state index in [0.29, 0.717) is 12.1 Å². The molecular formula is C28H31F3N4O3. The van der Waals surface area contributed by atoms with E-state index in [-0.39, 0.29) is 42.6 Å². The Morgan fingerprint density at radius 1 is 1.08 bits per heavy atom. The van der Waals surface area contributed by atoms with Crippen LogP contribution in [0.25, 0.3) is 0 Å². The van der Waals surface area contributed by atoms with Gasteiger partial charge in [-0.05, 0) is 36.5 Å². The van der Waals surface area contributed by atoms with Gasteiger partial charge in [0.15, 0.2) is 0 Å². The van der Waals surface area contributed by atoms with Crippen molar-refractivity contribution in [2.24, 2.45) is 5.92 Å². The number of nitrogens with one attached hydrogen (secondary N) is 2. The molecule has 2 atom stereocenters. The van der Waals surface area contributed by atoms with E-state index in [0.717, 1.165) is 11.6 Å². The van der Waals surface area contributed by atoms with E-state index < -0.39 is 35.8 Å². The smallest absolute Gasteiger partial charge is 0.350 e. The number of hydrogen-bond donors (Lipinski definition) is 2. The second-order valence-electron chi connectivity index (χ2n) is 9.85. The number of carbonyl (C=O) groups excluding carboxylic acids is 3. The lowest BCUT2D eigenvalue weighted by atomic mass is 9.91. The van der Waals surface area contributed by atoms with Gasteiger partial charge in [0.05, 0.1) is 29.4 Å². The number of alkyl halides is 3. The van der Waals surface area contributed by atoms with Crippen molar-refractivity contribution < 1.29 is 27.6 Å². The molecule has 2 heterocycles. The molecule has 0 radical (unpaired) electrons. The summed E-state index contributed by atoms with van der Waals surface area (Å²) >= 11 is 0. The predicted octanol–water partition coefficient (Wildman–Crippen LogP) is 4.62. The monoisotopic (exact) mass is 528 g/mol. The zero-order chi connectivity index (χ0) is 27.6. The number of hydrogen-bond acceptors (Lipinski definition) is 3. The Morgan fingerprint density at radius 2 is 1.74 bits per heavy atom. The highest BCUT2D eigenvalue weighted by Crippen LogP contribution is 2.42. The minimum Gasteiger partial charge on any atom is -0.350 e. The first kappa shape index (κ1) is 27.2. The van der Waals surface area contributed by atoms with Crippen LogP contribution in [0.5, 0.6) is 0 Å². The Morgan fingerprint density at radius 3 is 2.37 bits per heavy atom. The Balaban J connectivity index is 1.69. The fourth-order valence-corrected chi connectivity index (χ4v) is 5.06. The number of amides is 4. The molecule has 0 fully saturated rings. The zero-order valence-corrected chi connectivity index (χ0v) is 21.5. The summed E-state index contributed by atoms with van der Waals surface area (Å²) < 4.78 is 41.6. The van der Waals surface area contributed by atoms with Gasteiger partial charge >= 0.3 is 12.2 Å². The van der Waals surface area contributed by atoms with Crippen LogP contribution in [0.3, 0.4) is 0 Å². The number of likely N-dealkylation sites (N-methyl/N-ethyl adjacent to an activating group) is 1. The van der Waals surface area contributed by atoms with Crippen molar-refractivity contribution in [1.82, 2.24) is 20.4 Å². The molecule has 7 nitrogen and oxygen atoms in total. The van der Waals surface area contributed by atoms with Gasteiger partial charge in [0.2, 0.25) is 5.91 Å². The molecule has 202 valence electrons. The maximum Gasteiger partial charge on any atom is 0.416 e. The second-order valence-corrected chi connectivity index (χ2v) is 9.85. The molecule has 2 aromatic rings. The summed E-state index contributed by atoms with van der Waals surface area (Å²) in [6.45, 7) is 6.02. The average molecular weight is 529 g/mol. The predicted molar refractivity (Wildman–Crippen MR) is 135 cm³/mol. The van der Waals surface area contributed by atoms with Gasteiger partial charge < -0.3 is 15.5 Å². The van der Waals surface area contributed by atoms with Crippen LogP contribution in [0, 0.1) is 5.92 Å². The van der Waals surface area contributed by atoms with Crippen LogP contribution in [-0.2, 0) is 22.3 Å². The Bertz CT molecular complexity index is 1240. The first-order valence-corrected chi connectivity index (χ1v) is 12.6. The minimum absolute atomic E-state index is 0.0454. The summed E-state index contributed by atoms with van der Waals surface area (Å²) in [7, 11) is 0.